The number of rotatable bonds is 12. The van der Waals surface area contributed by atoms with Crippen LogP contribution < -0.4 is 9.80 Å². The second-order valence-electron chi connectivity index (χ2n) is 27.0. The molecule has 0 fully saturated rings. The summed E-state index contributed by atoms with van der Waals surface area (Å²) in [6.45, 7) is 27.6. The van der Waals surface area contributed by atoms with Crippen LogP contribution in [0.1, 0.15) is 105 Å². The highest BCUT2D eigenvalue weighted by Crippen LogP contribution is 2.55. The zero-order chi connectivity index (χ0) is 60.7. The second kappa shape index (κ2) is 23.8. The molecule has 4 heteroatoms. The van der Waals surface area contributed by atoms with Crippen molar-refractivity contribution in [3.05, 3.63) is 287 Å². The van der Waals surface area contributed by atoms with Crippen molar-refractivity contribution in [2.24, 2.45) is 0 Å². The van der Waals surface area contributed by atoms with Gasteiger partial charge in [-0.25, -0.2) is 0 Å². The van der Waals surface area contributed by atoms with E-state index >= 15 is 0 Å². The van der Waals surface area contributed by atoms with Crippen LogP contribution in [0.3, 0.4) is 0 Å². The summed E-state index contributed by atoms with van der Waals surface area (Å²) in [6, 6.07) is 92.6. The van der Waals surface area contributed by atoms with Gasteiger partial charge in [0.2, 0.25) is 0 Å². The van der Waals surface area contributed by atoms with Crippen LogP contribution in [0.5, 0.6) is 0 Å². The number of halogens is 2. The molecule has 0 amide bonds. The van der Waals surface area contributed by atoms with E-state index < -0.39 is 0 Å². The zero-order valence-corrected chi connectivity index (χ0v) is 53.4. The van der Waals surface area contributed by atoms with Crippen molar-refractivity contribution in [1.82, 2.24) is 0 Å². The third-order valence-corrected chi connectivity index (χ3v) is 17.2. The van der Waals surface area contributed by atoms with Crippen molar-refractivity contribution in [3.63, 3.8) is 0 Å². The molecule has 86 heavy (non-hydrogen) atoms. The van der Waals surface area contributed by atoms with E-state index in [4.69, 9.17) is 23.2 Å². The number of hydrogen-bond donors (Lipinski definition) is 0. The minimum absolute atomic E-state index is 0.0805. The van der Waals surface area contributed by atoms with Crippen molar-refractivity contribution in [2.75, 3.05) is 9.80 Å². The molecule has 0 unspecified atom stereocenters. The van der Waals surface area contributed by atoms with E-state index in [2.05, 4.69) is 342 Å². The van der Waals surface area contributed by atoms with Gasteiger partial charge in [-0.05, 0) is 125 Å². The van der Waals surface area contributed by atoms with Gasteiger partial charge in [-0.15, -0.1) is 0 Å². The summed E-state index contributed by atoms with van der Waals surface area (Å²) in [5.74, 6) is 0. The maximum absolute atomic E-state index is 8.01. The van der Waals surface area contributed by atoms with Crippen LogP contribution >= 0.6 is 23.2 Å². The topological polar surface area (TPSA) is 6.48 Å². The maximum atomic E-state index is 8.01. The molecule has 11 rings (SSSR count). The van der Waals surface area contributed by atoms with Crippen LogP contribution in [0.2, 0.25) is 10.0 Å². The first-order valence-electron chi connectivity index (χ1n) is 30.1. The lowest BCUT2D eigenvalue weighted by molar-refractivity contribution is 0.568. The number of benzene rings is 11. The summed E-state index contributed by atoms with van der Waals surface area (Å²) in [7, 11) is 0. The van der Waals surface area contributed by atoms with Gasteiger partial charge in [-0.2, -0.15) is 0 Å². The van der Waals surface area contributed by atoms with Gasteiger partial charge in [0.15, 0.2) is 0 Å². The molecule has 0 aromatic heterocycles. The lowest BCUT2D eigenvalue weighted by atomic mass is 9.79. The van der Waals surface area contributed by atoms with E-state index in [-0.39, 0.29) is 21.7 Å². The molecule has 0 saturated carbocycles. The minimum Gasteiger partial charge on any atom is -0.308 e. The van der Waals surface area contributed by atoms with Crippen LogP contribution in [-0.4, -0.2) is 0 Å². The SMILES string of the molecule is CC(C)(C)c1cc(-c2cccc(N(c3cc(N(c4cccc(-c5cc(C(C)(C)C)cc(C(C)(C)C)c5)c4)c4c(-c5ccccc5)cccc4-c4ccccc4)c(Cl)cc3Cl)c3c(-c4ccccc4)cccc3-c3ccccc3)c2)cc(C(C)(C)C)c1. The molecule has 430 valence electrons. The van der Waals surface area contributed by atoms with Crippen molar-refractivity contribution in [2.45, 2.75) is 105 Å². The van der Waals surface area contributed by atoms with Crippen LogP contribution in [0, 0.1) is 0 Å². The Balaban J connectivity index is 1.26. The molecular formula is C82H78Cl2N2. The molecule has 0 aliphatic carbocycles. The molecule has 2 nitrogen and oxygen atoms in total. The lowest BCUT2D eigenvalue weighted by Crippen LogP contribution is -2.17. The Bertz CT molecular complexity index is 3760. The van der Waals surface area contributed by atoms with Crippen LogP contribution in [-0.2, 0) is 21.7 Å². The smallest absolute Gasteiger partial charge is 0.0670 e. The highest BCUT2D eigenvalue weighted by molar-refractivity contribution is 6.38. The largest absolute Gasteiger partial charge is 0.308 e. The van der Waals surface area contributed by atoms with Gasteiger partial charge in [0, 0.05) is 33.6 Å². The molecule has 0 atom stereocenters. The monoisotopic (exact) mass is 1160 g/mol. The lowest BCUT2D eigenvalue weighted by Gasteiger charge is -2.35. The predicted molar refractivity (Wildman–Crippen MR) is 373 cm³/mol. The number of nitrogens with zero attached hydrogens (tertiary/aromatic N) is 2. The van der Waals surface area contributed by atoms with Gasteiger partial charge in [0.1, 0.15) is 0 Å². The van der Waals surface area contributed by atoms with Crippen molar-refractivity contribution in [3.8, 4) is 66.8 Å². The van der Waals surface area contributed by atoms with Crippen LogP contribution in [0.15, 0.2) is 255 Å². The molecular weight excluding hydrogens is 1080 g/mol. The Hall–Kier alpha value is -8.40. The normalized spacial score (nSPS) is 12.1. The summed E-state index contributed by atoms with van der Waals surface area (Å²) < 4.78 is 0. The minimum atomic E-state index is -0.0805. The fourth-order valence-electron chi connectivity index (χ4n) is 11.6. The standard InChI is InChI=1S/C82H78Cl2N2/c1-79(2,3)63-45-61(46-64(51-63)80(4,5)6)59-37-25-39-67(49-59)85(77-69(55-29-17-13-18-30-55)41-27-42-70(77)56-31-19-14-20-32-56)75-54-76(74(84)53-73(75)83)86(78-71(57-33-21-15-22-34-57)43-28-44-72(78)58-35-23-16-24-36-58)68-40-26-38-60(50-68)62-47-65(81(7,8)9)52-66(48-62)82(10,11)12/h13-54H,1-12H3. The Kier molecular flexibility index (Phi) is 16.4. The van der Waals surface area contributed by atoms with Gasteiger partial charge in [0.25, 0.3) is 0 Å². The highest BCUT2D eigenvalue weighted by Gasteiger charge is 2.31. The Morgan fingerprint density at radius 3 is 0.756 bits per heavy atom. The molecule has 0 radical (unpaired) electrons. The predicted octanol–water partition coefficient (Wildman–Crippen LogP) is 25.1. The summed E-state index contributed by atoms with van der Waals surface area (Å²) in [5, 5.41) is 0.996. The van der Waals surface area contributed by atoms with Crippen LogP contribution in [0.4, 0.5) is 34.1 Å². The van der Waals surface area contributed by atoms with E-state index in [1.165, 1.54) is 22.3 Å². The Morgan fingerprint density at radius 2 is 0.488 bits per heavy atom. The van der Waals surface area contributed by atoms with E-state index in [1.54, 1.807) is 0 Å². The van der Waals surface area contributed by atoms with Gasteiger partial charge < -0.3 is 9.80 Å². The van der Waals surface area contributed by atoms with Crippen molar-refractivity contribution >= 4 is 57.3 Å². The van der Waals surface area contributed by atoms with E-state index in [9.17, 15) is 0 Å². The molecule has 11 aromatic rings. The Labute approximate surface area is 522 Å². The van der Waals surface area contributed by atoms with E-state index in [1.807, 2.05) is 6.07 Å². The molecule has 0 aliphatic rings. The molecule has 11 aromatic carbocycles. The fourth-order valence-corrected chi connectivity index (χ4v) is 12.1. The van der Waals surface area contributed by atoms with E-state index in [0.29, 0.717) is 10.0 Å². The molecule has 0 spiro atoms. The van der Waals surface area contributed by atoms with E-state index in [0.717, 1.165) is 101 Å². The average molecular weight is 1160 g/mol. The first-order valence-corrected chi connectivity index (χ1v) is 30.9. The number of hydrogen-bond acceptors (Lipinski definition) is 2. The summed E-state index contributed by atoms with van der Waals surface area (Å²) in [4.78, 5) is 4.77. The van der Waals surface area contributed by atoms with Gasteiger partial charge in [0.05, 0.1) is 32.8 Å². The molecule has 0 bridgehead atoms. The summed E-state index contributed by atoms with van der Waals surface area (Å²) in [5.41, 5.74) is 23.2. The first kappa shape index (κ1) is 59.3. The maximum Gasteiger partial charge on any atom is 0.0670 e. The fraction of sp³-hybridized carbons (Fsp3) is 0.195. The first-order chi connectivity index (χ1) is 41.0. The molecule has 0 saturated heterocycles. The van der Waals surface area contributed by atoms with Gasteiger partial charge in [-0.3, -0.25) is 0 Å². The quantitative estimate of drug-likeness (QED) is 0.120. The average Bonchev–Trinajstić information content (AvgIpc) is 0.891. The van der Waals surface area contributed by atoms with Crippen molar-refractivity contribution < 1.29 is 0 Å². The second-order valence-corrected chi connectivity index (χ2v) is 27.8. The summed E-state index contributed by atoms with van der Waals surface area (Å²) in [6.07, 6.45) is 0. The highest BCUT2D eigenvalue weighted by atomic mass is 35.5. The Morgan fingerprint density at radius 1 is 0.233 bits per heavy atom. The number of para-hydroxylation sites is 2. The van der Waals surface area contributed by atoms with Crippen molar-refractivity contribution in [1.29, 1.82) is 0 Å². The third-order valence-electron chi connectivity index (χ3n) is 16.6. The van der Waals surface area contributed by atoms with Gasteiger partial charge in [-0.1, -0.05) is 325 Å². The molecule has 0 N–H and O–H groups in total. The summed E-state index contributed by atoms with van der Waals surface area (Å²) >= 11 is 16.0. The molecule has 0 aliphatic heterocycles. The third kappa shape index (κ3) is 12.5. The van der Waals surface area contributed by atoms with Gasteiger partial charge >= 0.3 is 0 Å². The number of anilines is 6. The van der Waals surface area contributed by atoms with Crippen LogP contribution in [0.25, 0.3) is 66.8 Å². The zero-order valence-electron chi connectivity index (χ0n) is 51.9. The molecule has 0 heterocycles.